The Balaban J connectivity index is 2.35. The second kappa shape index (κ2) is 5.36. The van der Waals surface area contributed by atoms with E-state index in [2.05, 4.69) is 48.5 Å². The minimum Gasteiger partial charge on any atom is -0.333 e. The fourth-order valence-electron chi connectivity index (χ4n) is 2.34. The van der Waals surface area contributed by atoms with Gasteiger partial charge in [-0.25, -0.2) is 4.98 Å². The quantitative estimate of drug-likeness (QED) is 0.897. The Morgan fingerprint density at radius 3 is 2.78 bits per heavy atom. The van der Waals surface area contributed by atoms with Crippen LogP contribution in [-0.2, 0) is 6.54 Å². The smallest absolute Gasteiger partial charge is 0.130 e. The maximum absolute atomic E-state index is 6.36. The number of hydrogen-bond acceptors (Lipinski definition) is 2. The van der Waals surface area contributed by atoms with Crippen LogP contribution in [-0.4, -0.2) is 9.55 Å². The highest BCUT2D eigenvalue weighted by atomic mass is 15.1. The van der Waals surface area contributed by atoms with E-state index >= 15 is 0 Å². The van der Waals surface area contributed by atoms with Gasteiger partial charge in [-0.1, -0.05) is 30.7 Å². The second-order valence-corrected chi connectivity index (χ2v) is 4.82. The molecule has 18 heavy (non-hydrogen) atoms. The Morgan fingerprint density at radius 2 is 2.11 bits per heavy atom. The summed E-state index contributed by atoms with van der Waals surface area (Å²) in [5.74, 6) is 0.948. The molecular weight excluding hydrogens is 222 g/mol. The minimum atomic E-state index is -0.146. The normalized spacial score (nSPS) is 12.7. The van der Waals surface area contributed by atoms with E-state index in [-0.39, 0.29) is 6.04 Å². The molecule has 0 bridgehead atoms. The molecule has 1 aromatic carbocycles. The molecule has 2 aromatic rings. The van der Waals surface area contributed by atoms with E-state index in [1.807, 2.05) is 12.4 Å². The Morgan fingerprint density at radius 1 is 1.33 bits per heavy atom. The maximum atomic E-state index is 6.36. The first kappa shape index (κ1) is 12.8. The van der Waals surface area contributed by atoms with Crippen molar-refractivity contribution in [2.45, 2.75) is 39.8 Å². The molecule has 0 aliphatic rings. The zero-order valence-corrected chi connectivity index (χ0v) is 11.4. The van der Waals surface area contributed by atoms with Crippen molar-refractivity contribution in [1.82, 2.24) is 9.55 Å². The standard InChI is InChI=1S/C15H21N3/c1-4-8-18-9-7-17-15(18)14(16)13-6-5-11(2)10-12(13)3/h5-7,9-10,14H,4,8,16H2,1-3H3. The van der Waals surface area contributed by atoms with Crippen LogP contribution in [0.15, 0.2) is 30.6 Å². The molecule has 1 unspecified atom stereocenters. The number of rotatable bonds is 4. The molecule has 0 fully saturated rings. The Bertz CT molecular complexity index is 528. The van der Waals surface area contributed by atoms with Gasteiger partial charge in [0, 0.05) is 18.9 Å². The molecule has 0 saturated carbocycles. The van der Waals surface area contributed by atoms with Crippen LogP contribution in [0.4, 0.5) is 0 Å². The summed E-state index contributed by atoms with van der Waals surface area (Å²) in [4.78, 5) is 4.41. The molecule has 96 valence electrons. The summed E-state index contributed by atoms with van der Waals surface area (Å²) in [7, 11) is 0. The highest BCUT2D eigenvalue weighted by Gasteiger charge is 2.16. The van der Waals surface area contributed by atoms with Gasteiger partial charge in [-0.3, -0.25) is 0 Å². The van der Waals surface area contributed by atoms with Crippen LogP contribution in [0, 0.1) is 13.8 Å². The van der Waals surface area contributed by atoms with Gasteiger partial charge in [-0.2, -0.15) is 0 Å². The molecule has 2 rings (SSSR count). The first-order valence-corrected chi connectivity index (χ1v) is 6.47. The molecule has 0 amide bonds. The zero-order valence-electron chi connectivity index (χ0n) is 11.4. The van der Waals surface area contributed by atoms with E-state index in [1.54, 1.807) is 0 Å². The molecule has 3 heteroatoms. The SMILES string of the molecule is CCCn1ccnc1C(N)c1ccc(C)cc1C. The van der Waals surface area contributed by atoms with Gasteiger partial charge in [0.15, 0.2) is 0 Å². The van der Waals surface area contributed by atoms with Gasteiger partial charge >= 0.3 is 0 Å². The third-order valence-corrected chi connectivity index (χ3v) is 3.25. The van der Waals surface area contributed by atoms with Crippen LogP contribution in [0.3, 0.4) is 0 Å². The van der Waals surface area contributed by atoms with Crippen molar-refractivity contribution < 1.29 is 0 Å². The topological polar surface area (TPSA) is 43.8 Å². The molecule has 0 spiro atoms. The molecule has 2 N–H and O–H groups in total. The number of imidazole rings is 1. The van der Waals surface area contributed by atoms with E-state index in [0.717, 1.165) is 24.4 Å². The summed E-state index contributed by atoms with van der Waals surface area (Å²) < 4.78 is 2.14. The van der Waals surface area contributed by atoms with E-state index in [9.17, 15) is 0 Å². The van der Waals surface area contributed by atoms with Crippen LogP contribution >= 0.6 is 0 Å². The predicted octanol–water partition coefficient (Wildman–Crippen LogP) is 2.96. The van der Waals surface area contributed by atoms with Gasteiger partial charge < -0.3 is 10.3 Å². The highest BCUT2D eigenvalue weighted by molar-refractivity contribution is 5.35. The Kier molecular flexibility index (Phi) is 3.82. The summed E-state index contributed by atoms with van der Waals surface area (Å²) in [6.07, 6.45) is 4.92. The highest BCUT2D eigenvalue weighted by Crippen LogP contribution is 2.22. The van der Waals surface area contributed by atoms with E-state index in [0.29, 0.717) is 0 Å². The van der Waals surface area contributed by atoms with Crippen molar-refractivity contribution in [3.63, 3.8) is 0 Å². The molecule has 1 aromatic heterocycles. The van der Waals surface area contributed by atoms with E-state index in [1.165, 1.54) is 11.1 Å². The molecule has 0 saturated heterocycles. The van der Waals surface area contributed by atoms with Gasteiger partial charge in [0.25, 0.3) is 0 Å². The van der Waals surface area contributed by atoms with E-state index < -0.39 is 0 Å². The van der Waals surface area contributed by atoms with Gasteiger partial charge in [-0.05, 0) is 31.4 Å². The summed E-state index contributed by atoms with van der Waals surface area (Å²) in [6, 6.07) is 6.24. The van der Waals surface area contributed by atoms with Crippen molar-refractivity contribution in [2.24, 2.45) is 5.73 Å². The van der Waals surface area contributed by atoms with Gasteiger partial charge in [0.1, 0.15) is 5.82 Å². The molecule has 0 aliphatic heterocycles. The van der Waals surface area contributed by atoms with Crippen LogP contribution in [0.2, 0.25) is 0 Å². The van der Waals surface area contributed by atoms with E-state index in [4.69, 9.17) is 5.73 Å². The average molecular weight is 243 g/mol. The summed E-state index contributed by atoms with van der Waals surface area (Å²) in [6.45, 7) is 7.33. The van der Waals surface area contributed by atoms with Gasteiger partial charge in [0.2, 0.25) is 0 Å². The lowest BCUT2D eigenvalue weighted by molar-refractivity contribution is 0.612. The average Bonchev–Trinajstić information content (AvgIpc) is 2.77. The van der Waals surface area contributed by atoms with Crippen LogP contribution < -0.4 is 5.73 Å². The number of nitrogens with zero attached hydrogens (tertiary/aromatic N) is 2. The number of nitrogens with two attached hydrogens (primary N) is 1. The Hall–Kier alpha value is -1.61. The molecular formula is C15H21N3. The fourth-order valence-corrected chi connectivity index (χ4v) is 2.34. The number of aryl methyl sites for hydroxylation is 3. The third-order valence-electron chi connectivity index (χ3n) is 3.25. The number of aromatic nitrogens is 2. The maximum Gasteiger partial charge on any atom is 0.130 e. The van der Waals surface area contributed by atoms with Crippen LogP contribution in [0.5, 0.6) is 0 Å². The fraction of sp³-hybridized carbons (Fsp3) is 0.400. The largest absolute Gasteiger partial charge is 0.333 e. The lowest BCUT2D eigenvalue weighted by atomic mass is 9.99. The van der Waals surface area contributed by atoms with Gasteiger partial charge in [0.05, 0.1) is 6.04 Å². The summed E-state index contributed by atoms with van der Waals surface area (Å²) in [5.41, 5.74) is 10.0. The molecule has 0 aliphatic carbocycles. The number of hydrogen-bond donors (Lipinski definition) is 1. The van der Waals surface area contributed by atoms with Crippen molar-refractivity contribution in [2.75, 3.05) is 0 Å². The third kappa shape index (κ3) is 2.46. The first-order chi connectivity index (χ1) is 8.63. The van der Waals surface area contributed by atoms with Crippen LogP contribution in [0.25, 0.3) is 0 Å². The predicted molar refractivity (Wildman–Crippen MR) is 74.5 cm³/mol. The van der Waals surface area contributed by atoms with Crippen molar-refractivity contribution in [1.29, 1.82) is 0 Å². The Labute approximate surface area is 109 Å². The lowest BCUT2D eigenvalue weighted by Crippen LogP contribution is -2.19. The molecule has 3 nitrogen and oxygen atoms in total. The lowest BCUT2D eigenvalue weighted by Gasteiger charge is -2.16. The van der Waals surface area contributed by atoms with Gasteiger partial charge in [-0.15, -0.1) is 0 Å². The summed E-state index contributed by atoms with van der Waals surface area (Å²) >= 11 is 0. The minimum absolute atomic E-state index is 0.146. The molecule has 1 atom stereocenters. The summed E-state index contributed by atoms with van der Waals surface area (Å²) in [5, 5.41) is 0. The molecule has 1 heterocycles. The number of benzene rings is 1. The molecule has 0 radical (unpaired) electrons. The van der Waals surface area contributed by atoms with Crippen molar-refractivity contribution >= 4 is 0 Å². The van der Waals surface area contributed by atoms with Crippen molar-refractivity contribution in [3.8, 4) is 0 Å². The first-order valence-electron chi connectivity index (χ1n) is 6.47. The second-order valence-electron chi connectivity index (χ2n) is 4.82. The van der Waals surface area contributed by atoms with Crippen molar-refractivity contribution in [3.05, 3.63) is 53.1 Å². The monoisotopic (exact) mass is 243 g/mol. The van der Waals surface area contributed by atoms with Crippen LogP contribution in [0.1, 0.15) is 41.9 Å². The zero-order chi connectivity index (χ0) is 13.1.